The van der Waals surface area contributed by atoms with Crippen LogP contribution in [0.25, 0.3) is 0 Å². The van der Waals surface area contributed by atoms with Gasteiger partial charge < -0.3 is 19.7 Å². The van der Waals surface area contributed by atoms with Gasteiger partial charge in [-0.25, -0.2) is 0 Å². The molecule has 1 atom stereocenters. The summed E-state index contributed by atoms with van der Waals surface area (Å²) in [7, 11) is 0. The minimum absolute atomic E-state index is 0.127. The zero-order valence-corrected chi connectivity index (χ0v) is 20.1. The summed E-state index contributed by atoms with van der Waals surface area (Å²) in [5.41, 5.74) is 3.95. The molecule has 0 bridgehead atoms. The smallest absolute Gasteiger partial charge is 0.255 e. The Bertz CT molecular complexity index is 1070. The van der Waals surface area contributed by atoms with E-state index in [4.69, 9.17) is 9.47 Å². The molecule has 2 aliphatic rings. The topological polar surface area (TPSA) is 54.0 Å². The van der Waals surface area contributed by atoms with Gasteiger partial charge in [0, 0.05) is 56.3 Å². The fourth-order valence-electron chi connectivity index (χ4n) is 4.63. The van der Waals surface area contributed by atoms with Crippen LogP contribution >= 0.6 is 0 Å². The number of anilines is 2. The lowest BCUT2D eigenvalue weighted by molar-refractivity contribution is 0.0679. The molecule has 0 aliphatic carbocycles. The molecule has 0 unspecified atom stereocenters. The van der Waals surface area contributed by atoms with E-state index < -0.39 is 0 Å². The normalized spacial score (nSPS) is 18.4. The summed E-state index contributed by atoms with van der Waals surface area (Å²) in [6.45, 7) is 6.46. The highest BCUT2D eigenvalue weighted by Gasteiger charge is 2.18. The van der Waals surface area contributed by atoms with Crippen molar-refractivity contribution in [2.45, 2.75) is 25.5 Å². The summed E-state index contributed by atoms with van der Waals surface area (Å²) < 4.78 is 11.4. The molecule has 1 N–H and O–H groups in total. The number of carbonyl (C=O) groups is 1. The van der Waals surface area contributed by atoms with Crippen LogP contribution in [0.2, 0.25) is 0 Å². The van der Waals surface area contributed by atoms with Crippen molar-refractivity contribution in [2.24, 2.45) is 0 Å². The van der Waals surface area contributed by atoms with Crippen molar-refractivity contribution >= 4 is 17.3 Å². The van der Waals surface area contributed by atoms with E-state index in [1.54, 1.807) is 12.1 Å². The Morgan fingerprint density at radius 3 is 2.34 bits per heavy atom. The summed E-state index contributed by atoms with van der Waals surface area (Å²) in [4.78, 5) is 17.6. The second-order valence-electron chi connectivity index (χ2n) is 9.22. The van der Waals surface area contributed by atoms with Crippen molar-refractivity contribution < 1.29 is 14.3 Å². The van der Waals surface area contributed by atoms with Crippen LogP contribution in [-0.4, -0.2) is 56.3 Å². The first-order valence-corrected chi connectivity index (χ1v) is 12.5. The van der Waals surface area contributed by atoms with Crippen molar-refractivity contribution in [1.82, 2.24) is 4.90 Å². The third kappa shape index (κ3) is 6.41. The SMILES string of the molecule is O=C(Nc1ccc(N2CCN(Cc3ccccc3)CC2)cc1)c1ccc(OC[C@@H]2CCCO2)cc1. The van der Waals surface area contributed by atoms with Gasteiger partial charge >= 0.3 is 0 Å². The fourth-order valence-corrected chi connectivity index (χ4v) is 4.63. The number of hydrogen-bond acceptors (Lipinski definition) is 5. The molecule has 2 heterocycles. The Morgan fingerprint density at radius 1 is 0.914 bits per heavy atom. The molecule has 6 nitrogen and oxygen atoms in total. The standard InChI is InChI=1S/C29H33N3O3/c33-29(24-8-14-27(15-9-24)35-22-28-7-4-20-34-28)30-25-10-12-26(13-11-25)32-18-16-31(17-19-32)21-23-5-2-1-3-6-23/h1-3,5-6,8-15,28H,4,7,16-22H2,(H,30,33)/t28-/m0/s1. The van der Waals surface area contributed by atoms with Crippen LogP contribution in [0.1, 0.15) is 28.8 Å². The molecule has 182 valence electrons. The van der Waals surface area contributed by atoms with Crippen LogP contribution in [-0.2, 0) is 11.3 Å². The number of benzene rings is 3. The third-order valence-corrected chi connectivity index (χ3v) is 6.69. The van der Waals surface area contributed by atoms with E-state index in [1.807, 2.05) is 24.3 Å². The van der Waals surface area contributed by atoms with Crippen LogP contribution in [0.4, 0.5) is 11.4 Å². The van der Waals surface area contributed by atoms with E-state index >= 15 is 0 Å². The van der Waals surface area contributed by atoms with Gasteiger partial charge in [-0.1, -0.05) is 30.3 Å². The van der Waals surface area contributed by atoms with Gasteiger partial charge in [0.1, 0.15) is 12.4 Å². The average molecular weight is 472 g/mol. The first kappa shape index (κ1) is 23.4. The average Bonchev–Trinajstić information content (AvgIpc) is 3.43. The largest absolute Gasteiger partial charge is 0.491 e. The summed E-state index contributed by atoms with van der Waals surface area (Å²) in [5, 5.41) is 2.99. The molecule has 3 aromatic rings. The maximum Gasteiger partial charge on any atom is 0.255 e. The third-order valence-electron chi connectivity index (χ3n) is 6.69. The number of piperazine rings is 1. The Morgan fingerprint density at radius 2 is 1.66 bits per heavy atom. The van der Waals surface area contributed by atoms with E-state index in [0.717, 1.165) is 63.6 Å². The van der Waals surface area contributed by atoms with Crippen molar-refractivity contribution in [3.63, 3.8) is 0 Å². The van der Waals surface area contributed by atoms with Gasteiger partial charge in [0.15, 0.2) is 0 Å². The first-order chi connectivity index (χ1) is 17.2. The lowest BCUT2D eigenvalue weighted by atomic mass is 10.1. The first-order valence-electron chi connectivity index (χ1n) is 12.5. The van der Waals surface area contributed by atoms with Crippen LogP contribution in [0.15, 0.2) is 78.9 Å². The molecule has 5 rings (SSSR count). The molecule has 2 fully saturated rings. The lowest BCUT2D eigenvalue weighted by Gasteiger charge is -2.36. The highest BCUT2D eigenvalue weighted by Crippen LogP contribution is 2.21. The quantitative estimate of drug-likeness (QED) is 0.511. The number of ether oxygens (including phenoxy) is 2. The van der Waals surface area contributed by atoms with E-state index in [1.165, 1.54) is 11.3 Å². The van der Waals surface area contributed by atoms with Crippen LogP contribution in [0.5, 0.6) is 5.75 Å². The molecule has 35 heavy (non-hydrogen) atoms. The van der Waals surface area contributed by atoms with Crippen molar-refractivity contribution in [2.75, 3.05) is 49.6 Å². The summed E-state index contributed by atoms with van der Waals surface area (Å²) >= 11 is 0. The number of nitrogens with one attached hydrogen (secondary N) is 1. The Kier molecular flexibility index (Phi) is 7.61. The monoisotopic (exact) mass is 471 g/mol. The molecule has 0 aromatic heterocycles. The molecule has 6 heteroatoms. The van der Waals surface area contributed by atoms with Crippen LogP contribution in [0.3, 0.4) is 0 Å². The maximum absolute atomic E-state index is 12.7. The molecule has 0 radical (unpaired) electrons. The number of nitrogens with zero attached hydrogens (tertiary/aromatic N) is 2. The number of hydrogen-bond donors (Lipinski definition) is 1. The Hall–Kier alpha value is -3.35. The number of rotatable bonds is 8. The minimum Gasteiger partial charge on any atom is -0.491 e. The lowest BCUT2D eigenvalue weighted by Crippen LogP contribution is -2.45. The second-order valence-corrected chi connectivity index (χ2v) is 9.22. The van der Waals surface area contributed by atoms with E-state index in [0.29, 0.717) is 12.2 Å². The molecule has 1 amide bonds. The zero-order valence-electron chi connectivity index (χ0n) is 20.1. The van der Waals surface area contributed by atoms with Gasteiger partial charge in [0.2, 0.25) is 0 Å². The van der Waals surface area contributed by atoms with Gasteiger partial charge in [0.05, 0.1) is 6.10 Å². The highest BCUT2D eigenvalue weighted by molar-refractivity contribution is 6.04. The molecule has 3 aromatic carbocycles. The Labute approximate surface area is 207 Å². The molecular formula is C29H33N3O3. The van der Waals surface area contributed by atoms with Gasteiger partial charge in [-0.3, -0.25) is 9.69 Å². The summed E-state index contributed by atoms with van der Waals surface area (Å²) in [6, 6.07) is 26.0. The van der Waals surface area contributed by atoms with Gasteiger partial charge in [-0.2, -0.15) is 0 Å². The molecule has 2 saturated heterocycles. The predicted octanol–water partition coefficient (Wildman–Crippen LogP) is 4.82. The van der Waals surface area contributed by atoms with Crippen LogP contribution < -0.4 is 15.0 Å². The van der Waals surface area contributed by atoms with Crippen molar-refractivity contribution in [3.8, 4) is 5.75 Å². The van der Waals surface area contributed by atoms with E-state index in [9.17, 15) is 4.79 Å². The summed E-state index contributed by atoms with van der Waals surface area (Å²) in [6.07, 6.45) is 2.32. The molecule has 0 saturated carbocycles. The number of amides is 1. The highest BCUT2D eigenvalue weighted by atomic mass is 16.5. The van der Waals surface area contributed by atoms with Gasteiger partial charge in [0.25, 0.3) is 5.91 Å². The van der Waals surface area contributed by atoms with E-state index in [2.05, 4.69) is 57.6 Å². The molecule has 2 aliphatic heterocycles. The molecule has 0 spiro atoms. The van der Waals surface area contributed by atoms with Crippen molar-refractivity contribution in [1.29, 1.82) is 0 Å². The summed E-state index contributed by atoms with van der Waals surface area (Å²) in [5.74, 6) is 0.628. The molecular weight excluding hydrogens is 438 g/mol. The number of carbonyl (C=O) groups excluding carboxylic acids is 1. The van der Waals surface area contributed by atoms with Crippen LogP contribution in [0, 0.1) is 0 Å². The van der Waals surface area contributed by atoms with Crippen molar-refractivity contribution in [3.05, 3.63) is 90.0 Å². The predicted molar refractivity (Wildman–Crippen MR) is 139 cm³/mol. The Balaban J connectivity index is 1.09. The maximum atomic E-state index is 12.7. The zero-order chi connectivity index (χ0) is 23.9. The van der Waals surface area contributed by atoms with E-state index in [-0.39, 0.29) is 12.0 Å². The van der Waals surface area contributed by atoms with Gasteiger partial charge in [-0.15, -0.1) is 0 Å². The second kappa shape index (κ2) is 11.4. The fraction of sp³-hybridized carbons (Fsp3) is 0.345. The van der Waals surface area contributed by atoms with Gasteiger partial charge in [-0.05, 0) is 66.9 Å². The minimum atomic E-state index is -0.127.